The number of aromatic nitrogens is 3. The summed E-state index contributed by atoms with van der Waals surface area (Å²) in [6.45, 7) is 3.41. The van der Waals surface area contributed by atoms with Crippen LogP contribution in [-0.4, -0.2) is 53.2 Å². The molecular formula is C12H18BrN5O2S. The summed E-state index contributed by atoms with van der Waals surface area (Å²) in [6, 6.07) is 3.78. The smallest absolute Gasteiger partial charge is 0.243 e. The molecule has 2 aromatic rings. The standard InChI is InChI=1S/C12H18BrN5O2S/c1-3-17(21(2,19)20)8-5-7-14-12-15-11-10(13)6-4-9-18(11)16-12/h4,6,9H,3,5,7-8H2,1-2H3,(H,14,16). The fraction of sp³-hybridized carbons (Fsp3) is 0.500. The molecular weight excluding hydrogens is 358 g/mol. The fourth-order valence-corrected chi connectivity index (χ4v) is 3.32. The molecule has 2 aromatic heterocycles. The molecule has 0 aliphatic rings. The van der Waals surface area contributed by atoms with E-state index in [0.29, 0.717) is 32.0 Å². The van der Waals surface area contributed by atoms with Crippen molar-refractivity contribution in [3.05, 3.63) is 22.8 Å². The van der Waals surface area contributed by atoms with Crippen LogP contribution < -0.4 is 5.32 Å². The number of hydrogen-bond acceptors (Lipinski definition) is 5. The lowest BCUT2D eigenvalue weighted by Crippen LogP contribution is -2.31. The van der Waals surface area contributed by atoms with Crippen LogP contribution in [0, 0.1) is 0 Å². The molecule has 116 valence electrons. The van der Waals surface area contributed by atoms with Crippen LogP contribution in [0.1, 0.15) is 13.3 Å². The van der Waals surface area contributed by atoms with Crippen LogP contribution in [0.25, 0.3) is 5.65 Å². The van der Waals surface area contributed by atoms with E-state index in [4.69, 9.17) is 0 Å². The third kappa shape index (κ3) is 4.14. The molecule has 0 unspecified atom stereocenters. The van der Waals surface area contributed by atoms with Gasteiger partial charge < -0.3 is 5.32 Å². The molecule has 0 fully saturated rings. The predicted molar refractivity (Wildman–Crippen MR) is 85.9 cm³/mol. The summed E-state index contributed by atoms with van der Waals surface area (Å²) < 4.78 is 26.9. The molecule has 2 rings (SSSR count). The highest BCUT2D eigenvalue weighted by Crippen LogP contribution is 2.16. The van der Waals surface area contributed by atoms with Crippen molar-refractivity contribution >= 4 is 37.5 Å². The molecule has 7 nitrogen and oxygen atoms in total. The topological polar surface area (TPSA) is 79.6 Å². The maximum atomic E-state index is 11.5. The first-order valence-electron chi connectivity index (χ1n) is 6.61. The van der Waals surface area contributed by atoms with Crippen molar-refractivity contribution < 1.29 is 8.42 Å². The second-order valence-corrected chi connectivity index (χ2v) is 7.43. The minimum Gasteiger partial charge on any atom is -0.353 e. The zero-order valence-electron chi connectivity index (χ0n) is 12.0. The van der Waals surface area contributed by atoms with Crippen LogP contribution in [-0.2, 0) is 10.0 Å². The van der Waals surface area contributed by atoms with E-state index in [-0.39, 0.29) is 0 Å². The number of nitrogens with zero attached hydrogens (tertiary/aromatic N) is 4. The van der Waals surface area contributed by atoms with E-state index in [1.165, 1.54) is 10.6 Å². The Morgan fingerprint density at radius 3 is 2.86 bits per heavy atom. The highest BCUT2D eigenvalue weighted by molar-refractivity contribution is 9.10. The van der Waals surface area contributed by atoms with Crippen molar-refractivity contribution in [2.45, 2.75) is 13.3 Å². The largest absolute Gasteiger partial charge is 0.353 e. The number of sulfonamides is 1. The Hall–Kier alpha value is -1.19. The van der Waals surface area contributed by atoms with Gasteiger partial charge in [0.2, 0.25) is 16.0 Å². The van der Waals surface area contributed by atoms with Crippen molar-refractivity contribution in [2.75, 3.05) is 31.2 Å². The predicted octanol–water partition coefficient (Wildman–Crippen LogP) is 1.58. The first-order valence-corrected chi connectivity index (χ1v) is 9.26. The van der Waals surface area contributed by atoms with Crippen LogP contribution in [0.5, 0.6) is 0 Å². The fourth-order valence-electron chi connectivity index (χ4n) is 1.96. The van der Waals surface area contributed by atoms with E-state index >= 15 is 0 Å². The molecule has 21 heavy (non-hydrogen) atoms. The van der Waals surface area contributed by atoms with E-state index < -0.39 is 10.0 Å². The molecule has 1 N–H and O–H groups in total. The SMILES string of the molecule is CCN(CCCNc1nc2c(Br)cccn2n1)S(C)(=O)=O. The van der Waals surface area contributed by atoms with E-state index in [0.717, 1.165) is 10.1 Å². The molecule has 0 amide bonds. The summed E-state index contributed by atoms with van der Waals surface area (Å²) >= 11 is 3.42. The number of nitrogens with one attached hydrogen (secondary N) is 1. The van der Waals surface area contributed by atoms with Crippen LogP contribution in [0.4, 0.5) is 5.95 Å². The number of hydrogen-bond donors (Lipinski definition) is 1. The molecule has 0 aliphatic heterocycles. The Bertz CT molecular complexity index is 716. The lowest BCUT2D eigenvalue weighted by molar-refractivity contribution is 0.428. The van der Waals surface area contributed by atoms with Crippen molar-refractivity contribution in [3.63, 3.8) is 0 Å². The van der Waals surface area contributed by atoms with E-state index in [2.05, 4.69) is 31.3 Å². The third-order valence-electron chi connectivity index (χ3n) is 3.00. The first-order chi connectivity index (χ1) is 9.91. The minimum atomic E-state index is -3.12. The van der Waals surface area contributed by atoms with Gasteiger partial charge in [-0.25, -0.2) is 17.2 Å². The second-order valence-electron chi connectivity index (χ2n) is 4.59. The highest BCUT2D eigenvalue weighted by Gasteiger charge is 2.13. The molecule has 0 radical (unpaired) electrons. The van der Waals surface area contributed by atoms with Gasteiger partial charge in [-0.3, -0.25) is 0 Å². The van der Waals surface area contributed by atoms with E-state index in [1.54, 1.807) is 4.52 Å². The normalized spacial score (nSPS) is 12.2. The Morgan fingerprint density at radius 2 is 2.24 bits per heavy atom. The molecule has 0 saturated carbocycles. The number of fused-ring (bicyclic) bond motifs is 1. The number of halogens is 1. The molecule has 9 heteroatoms. The summed E-state index contributed by atoms with van der Waals surface area (Å²) in [7, 11) is -3.12. The third-order valence-corrected chi connectivity index (χ3v) is 5.00. The van der Waals surface area contributed by atoms with Gasteiger partial charge in [-0.2, -0.15) is 4.98 Å². The number of anilines is 1. The minimum absolute atomic E-state index is 0.485. The van der Waals surface area contributed by atoms with Gasteiger partial charge in [-0.15, -0.1) is 5.10 Å². The highest BCUT2D eigenvalue weighted by atomic mass is 79.9. The number of rotatable bonds is 7. The molecule has 0 bridgehead atoms. The molecule has 0 aliphatic carbocycles. The summed E-state index contributed by atoms with van der Waals surface area (Å²) in [6.07, 6.45) is 3.74. The van der Waals surface area contributed by atoms with Crippen LogP contribution >= 0.6 is 15.9 Å². The van der Waals surface area contributed by atoms with Crippen molar-refractivity contribution in [2.24, 2.45) is 0 Å². The average molecular weight is 376 g/mol. The van der Waals surface area contributed by atoms with E-state index in [1.807, 2.05) is 25.3 Å². The Morgan fingerprint density at radius 1 is 1.48 bits per heavy atom. The monoisotopic (exact) mass is 375 g/mol. The Kier molecular flexibility index (Phi) is 5.17. The maximum Gasteiger partial charge on any atom is 0.243 e. The number of pyridine rings is 1. The molecule has 0 saturated heterocycles. The van der Waals surface area contributed by atoms with Gasteiger partial charge in [-0.05, 0) is 34.5 Å². The van der Waals surface area contributed by atoms with Gasteiger partial charge >= 0.3 is 0 Å². The lowest BCUT2D eigenvalue weighted by Gasteiger charge is -2.17. The van der Waals surface area contributed by atoms with Gasteiger partial charge in [0.15, 0.2) is 5.65 Å². The zero-order valence-corrected chi connectivity index (χ0v) is 14.4. The van der Waals surface area contributed by atoms with Crippen LogP contribution in [0.3, 0.4) is 0 Å². The van der Waals surface area contributed by atoms with Crippen molar-refractivity contribution in [1.82, 2.24) is 18.9 Å². The quantitative estimate of drug-likeness (QED) is 0.743. The lowest BCUT2D eigenvalue weighted by atomic mass is 10.4. The summed E-state index contributed by atoms with van der Waals surface area (Å²) in [5, 5.41) is 7.40. The van der Waals surface area contributed by atoms with Crippen LogP contribution in [0.15, 0.2) is 22.8 Å². The van der Waals surface area contributed by atoms with E-state index in [9.17, 15) is 8.42 Å². The summed E-state index contributed by atoms with van der Waals surface area (Å²) in [5.41, 5.74) is 0.742. The Balaban J connectivity index is 1.89. The zero-order chi connectivity index (χ0) is 15.5. The maximum absolute atomic E-state index is 11.5. The van der Waals surface area contributed by atoms with Crippen molar-refractivity contribution in [1.29, 1.82) is 0 Å². The second kappa shape index (κ2) is 6.71. The van der Waals surface area contributed by atoms with Gasteiger partial charge in [-0.1, -0.05) is 6.92 Å². The molecule has 0 atom stereocenters. The van der Waals surface area contributed by atoms with Gasteiger partial charge in [0.05, 0.1) is 10.7 Å². The average Bonchev–Trinajstić information content (AvgIpc) is 2.81. The molecule has 2 heterocycles. The van der Waals surface area contributed by atoms with Crippen molar-refractivity contribution in [3.8, 4) is 0 Å². The van der Waals surface area contributed by atoms with Gasteiger partial charge in [0.1, 0.15) is 0 Å². The first kappa shape index (κ1) is 16.2. The van der Waals surface area contributed by atoms with Crippen LogP contribution in [0.2, 0.25) is 0 Å². The Labute approximate surface area is 132 Å². The molecule has 0 spiro atoms. The van der Waals surface area contributed by atoms with Gasteiger partial charge in [0.25, 0.3) is 0 Å². The summed E-state index contributed by atoms with van der Waals surface area (Å²) in [4.78, 5) is 4.36. The summed E-state index contributed by atoms with van der Waals surface area (Å²) in [5.74, 6) is 0.532. The van der Waals surface area contributed by atoms with Gasteiger partial charge in [0, 0.05) is 25.8 Å². The molecule has 0 aromatic carbocycles.